The van der Waals surface area contributed by atoms with Crippen LogP contribution in [-0.4, -0.2) is 26.2 Å². The first-order valence-electron chi connectivity index (χ1n) is 7.15. The van der Waals surface area contributed by atoms with Gasteiger partial charge in [0.15, 0.2) is 0 Å². The zero-order valence-corrected chi connectivity index (χ0v) is 12.0. The average Bonchev–Trinajstić information content (AvgIpc) is 2.84. The van der Waals surface area contributed by atoms with Crippen LogP contribution in [0.1, 0.15) is 28.7 Å². The average molecular weight is 246 g/mol. The standard InChI is InChI=1S/C16H26N2/c1-12-8-14(3)16(9-13(12)2)5-7-18-11-15-4-6-17-10-15/h8-9,15,17-18H,4-7,10-11H2,1-3H3. The van der Waals surface area contributed by atoms with Crippen LogP contribution in [0.2, 0.25) is 0 Å². The fraction of sp³-hybridized carbons (Fsp3) is 0.625. The van der Waals surface area contributed by atoms with Gasteiger partial charge in [-0.15, -0.1) is 0 Å². The quantitative estimate of drug-likeness (QED) is 0.779. The molecule has 0 aromatic heterocycles. The monoisotopic (exact) mass is 246 g/mol. The minimum atomic E-state index is 0.839. The van der Waals surface area contributed by atoms with E-state index in [1.165, 1.54) is 41.8 Å². The van der Waals surface area contributed by atoms with E-state index in [4.69, 9.17) is 0 Å². The van der Waals surface area contributed by atoms with Gasteiger partial charge in [-0.2, -0.15) is 0 Å². The Labute approximate surface area is 111 Å². The second-order valence-corrected chi connectivity index (χ2v) is 5.68. The first-order valence-corrected chi connectivity index (χ1v) is 7.15. The van der Waals surface area contributed by atoms with Crippen molar-refractivity contribution in [3.05, 3.63) is 34.4 Å². The van der Waals surface area contributed by atoms with Gasteiger partial charge in [0.1, 0.15) is 0 Å². The molecule has 1 aromatic rings. The van der Waals surface area contributed by atoms with Crippen molar-refractivity contribution in [2.75, 3.05) is 26.2 Å². The molecule has 1 saturated heterocycles. The molecular weight excluding hydrogens is 220 g/mol. The molecule has 1 unspecified atom stereocenters. The Morgan fingerprint density at radius 1 is 1.17 bits per heavy atom. The summed E-state index contributed by atoms with van der Waals surface area (Å²) in [4.78, 5) is 0. The molecular formula is C16H26N2. The van der Waals surface area contributed by atoms with Gasteiger partial charge in [0, 0.05) is 0 Å². The molecule has 2 nitrogen and oxygen atoms in total. The van der Waals surface area contributed by atoms with Crippen molar-refractivity contribution < 1.29 is 0 Å². The Kier molecular flexibility index (Phi) is 4.79. The minimum Gasteiger partial charge on any atom is -0.316 e. The van der Waals surface area contributed by atoms with E-state index in [0.717, 1.165) is 25.4 Å². The molecule has 0 bridgehead atoms. The molecule has 2 N–H and O–H groups in total. The van der Waals surface area contributed by atoms with Crippen LogP contribution >= 0.6 is 0 Å². The summed E-state index contributed by atoms with van der Waals surface area (Å²) in [7, 11) is 0. The summed E-state index contributed by atoms with van der Waals surface area (Å²) in [5, 5.41) is 7.01. The van der Waals surface area contributed by atoms with Gasteiger partial charge in [-0.1, -0.05) is 12.1 Å². The first-order chi connectivity index (χ1) is 8.66. The zero-order chi connectivity index (χ0) is 13.0. The Morgan fingerprint density at radius 3 is 2.67 bits per heavy atom. The zero-order valence-electron chi connectivity index (χ0n) is 12.0. The normalized spacial score (nSPS) is 19.4. The SMILES string of the molecule is Cc1cc(C)c(CCNCC2CCNC2)cc1C. The number of rotatable bonds is 5. The van der Waals surface area contributed by atoms with Crippen molar-refractivity contribution in [3.8, 4) is 0 Å². The van der Waals surface area contributed by atoms with E-state index in [0.29, 0.717) is 0 Å². The summed E-state index contributed by atoms with van der Waals surface area (Å²) < 4.78 is 0. The Morgan fingerprint density at radius 2 is 1.94 bits per heavy atom. The highest BCUT2D eigenvalue weighted by atomic mass is 14.9. The first kappa shape index (κ1) is 13.6. The van der Waals surface area contributed by atoms with Gasteiger partial charge in [-0.25, -0.2) is 0 Å². The van der Waals surface area contributed by atoms with Gasteiger partial charge in [0.25, 0.3) is 0 Å². The van der Waals surface area contributed by atoms with E-state index in [9.17, 15) is 0 Å². The molecule has 18 heavy (non-hydrogen) atoms. The van der Waals surface area contributed by atoms with E-state index in [1.54, 1.807) is 0 Å². The topological polar surface area (TPSA) is 24.1 Å². The second kappa shape index (κ2) is 6.35. The highest BCUT2D eigenvalue weighted by Crippen LogP contribution is 2.15. The largest absolute Gasteiger partial charge is 0.316 e. The summed E-state index contributed by atoms with van der Waals surface area (Å²) in [6.45, 7) is 11.3. The molecule has 0 saturated carbocycles. The van der Waals surface area contributed by atoms with Crippen LogP contribution in [-0.2, 0) is 6.42 Å². The third-order valence-corrected chi connectivity index (χ3v) is 4.12. The van der Waals surface area contributed by atoms with E-state index < -0.39 is 0 Å². The van der Waals surface area contributed by atoms with Crippen molar-refractivity contribution in [2.24, 2.45) is 5.92 Å². The molecule has 0 amide bonds. The Bertz CT molecular complexity index is 392. The molecule has 2 rings (SSSR count). The van der Waals surface area contributed by atoms with Crippen LogP contribution in [0.15, 0.2) is 12.1 Å². The lowest BCUT2D eigenvalue weighted by Gasteiger charge is -2.12. The lowest BCUT2D eigenvalue weighted by molar-refractivity contribution is 0.515. The molecule has 1 fully saturated rings. The summed E-state index contributed by atoms with van der Waals surface area (Å²) in [5.41, 5.74) is 5.74. The minimum absolute atomic E-state index is 0.839. The maximum absolute atomic E-state index is 3.60. The summed E-state index contributed by atoms with van der Waals surface area (Å²) in [5.74, 6) is 0.839. The molecule has 0 spiro atoms. The fourth-order valence-corrected chi connectivity index (χ4v) is 2.71. The molecule has 1 atom stereocenters. The highest BCUT2D eigenvalue weighted by molar-refractivity contribution is 5.36. The molecule has 0 radical (unpaired) electrons. The number of aryl methyl sites for hydroxylation is 3. The molecule has 1 aromatic carbocycles. The molecule has 2 heteroatoms. The van der Waals surface area contributed by atoms with Crippen LogP contribution < -0.4 is 10.6 Å². The van der Waals surface area contributed by atoms with Crippen molar-refractivity contribution in [1.82, 2.24) is 10.6 Å². The lowest BCUT2D eigenvalue weighted by atomic mass is 9.99. The van der Waals surface area contributed by atoms with E-state index in [-0.39, 0.29) is 0 Å². The molecule has 0 aliphatic carbocycles. The Hall–Kier alpha value is -0.860. The van der Waals surface area contributed by atoms with Gasteiger partial charge < -0.3 is 10.6 Å². The maximum Gasteiger partial charge on any atom is -0.000777 e. The smallest absolute Gasteiger partial charge is 0.000777 e. The Balaban J connectivity index is 1.77. The van der Waals surface area contributed by atoms with Gasteiger partial charge >= 0.3 is 0 Å². The molecule has 1 aliphatic heterocycles. The van der Waals surface area contributed by atoms with Gasteiger partial charge in [-0.3, -0.25) is 0 Å². The summed E-state index contributed by atoms with van der Waals surface area (Å²) >= 11 is 0. The van der Waals surface area contributed by atoms with Crippen molar-refractivity contribution in [2.45, 2.75) is 33.6 Å². The van der Waals surface area contributed by atoms with Gasteiger partial charge in [0.05, 0.1) is 0 Å². The van der Waals surface area contributed by atoms with E-state index in [2.05, 4.69) is 43.5 Å². The van der Waals surface area contributed by atoms with Crippen LogP contribution in [0, 0.1) is 26.7 Å². The maximum atomic E-state index is 3.60. The fourth-order valence-electron chi connectivity index (χ4n) is 2.71. The predicted molar refractivity (Wildman–Crippen MR) is 78.2 cm³/mol. The van der Waals surface area contributed by atoms with Crippen molar-refractivity contribution in [1.29, 1.82) is 0 Å². The van der Waals surface area contributed by atoms with Crippen LogP contribution in [0.3, 0.4) is 0 Å². The lowest BCUT2D eigenvalue weighted by Crippen LogP contribution is -2.26. The van der Waals surface area contributed by atoms with E-state index in [1.807, 2.05) is 0 Å². The number of benzene rings is 1. The van der Waals surface area contributed by atoms with Crippen LogP contribution in [0.25, 0.3) is 0 Å². The van der Waals surface area contributed by atoms with Crippen LogP contribution in [0.5, 0.6) is 0 Å². The summed E-state index contributed by atoms with van der Waals surface area (Å²) in [6, 6.07) is 4.66. The summed E-state index contributed by atoms with van der Waals surface area (Å²) in [6.07, 6.45) is 2.47. The number of hydrogen-bond donors (Lipinski definition) is 2. The number of hydrogen-bond acceptors (Lipinski definition) is 2. The van der Waals surface area contributed by atoms with Gasteiger partial charge in [0.2, 0.25) is 0 Å². The highest BCUT2D eigenvalue weighted by Gasteiger charge is 2.13. The van der Waals surface area contributed by atoms with E-state index >= 15 is 0 Å². The van der Waals surface area contributed by atoms with Crippen LogP contribution in [0.4, 0.5) is 0 Å². The van der Waals surface area contributed by atoms with Gasteiger partial charge in [-0.05, 0) is 88.0 Å². The molecule has 1 aliphatic rings. The molecule has 1 heterocycles. The van der Waals surface area contributed by atoms with Crippen molar-refractivity contribution in [3.63, 3.8) is 0 Å². The van der Waals surface area contributed by atoms with Crippen molar-refractivity contribution >= 4 is 0 Å². The number of nitrogens with one attached hydrogen (secondary N) is 2. The molecule has 100 valence electrons. The third-order valence-electron chi connectivity index (χ3n) is 4.12. The second-order valence-electron chi connectivity index (χ2n) is 5.68. The predicted octanol–water partition coefficient (Wildman–Crippen LogP) is 2.35. The third kappa shape index (κ3) is 3.56.